The van der Waals surface area contributed by atoms with Crippen molar-refractivity contribution in [1.82, 2.24) is 20.0 Å². The lowest BCUT2D eigenvalue weighted by Crippen LogP contribution is -2.49. The zero-order valence-corrected chi connectivity index (χ0v) is 17.6. The normalized spacial score (nSPS) is 21.3. The highest BCUT2D eigenvalue weighted by Gasteiger charge is 2.31. The molecule has 0 spiro atoms. The predicted molar refractivity (Wildman–Crippen MR) is 108 cm³/mol. The van der Waals surface area contributed by atoms with Gasteiger partial charge in [0.15, 0.2) is 5.96 Å². The molecule has 148 valence electrons. The molecule has 1 aliphatic rings. The highest BCUT2D eigenvalue weighted by Crippen LogP contribution is 2.33. The Morgan fingerprint density at radius 2 is 2.15 bits per heavy atom. The molecule has 1 aliphatic heterocycles. The standard InChI is InChI=1S/C20H37N5O/c1-7-9-20(4)10-8-11-24(15-20)19(21-5)22-14-18-16(2)23-25(17(18)3)12-13-26-6/h7-15H2,1-6H3,(H,21,22). The minimum atomic E-state index is 0.404. The van der Waals surface area contributed by atoms with E-state index < -0.39 is 0 Å². The lowest BCUT2D eigenvalue weighted by molar-refractivity contribution is 0.142. The van der Waals surface area contributed by atoms with Crippen LogP contribution in [0.3, 0.4) is 0 Å². The number of rotatable bonds is 7. The van der Waals surface area contributed by atoms with E-state index in [4.69, 9.17) is 4.74 Å². The van der Waals surface area contributed by atoms with E-state index in [0.29, 0.717) is 12.0 Å². The molecule has 2 heterocycles. The molecular formula is C20H37N5O. The maximum atomic E-state index is 5.18. The van der Waals surface area contributed by atoms with E-state index in [9.17, 15) is 0 Å². The second-order valence-electron chi connectivity index (χ2n) is 7.85. The van der Waals surface area contributed by atoms with Gasteiger partial charge in [-0.05, 0) is 38.5 Å². The van der Waals surface area contributed by atoms with Crippen LogP contribution in [0.2, 0.25) is 0 Å². The van der Waals surface area contributed by atoms with Crippen molar-refractivity contribution < 1.29 is 4.74 Å². The van der Waals surface area contributed by atoms with E-state index in [-0.39, 0.29) is 0 Å². The summed E-state index contributed by atoms with van der Waals surface area (Å²) in [5.74, 6) is 1.01. The van der Waals surface area contributed by atoms with Gasteiger partial charge in [0.2, 0.25) is 0 Å². The maximum Gasteiger partial charge on any atom is 0.193 e. The Kier molecular flexibility index (Phi) is 7.50. The van der Waals surface area contributed by atoms with Crippen LogP contribution in [0.4, 0.5) is 0 Å². The summed E-state index contributed by atoms with van der Waals surface area (Å²) in [5.41, 5.74) is 3.95. The van der Waals surface area contributed by atoms with E-state index in [2.05, 4.69) is 48.0 Å². The molecule has 1 aromatic rings. The maximum absolute atomic E-state index is 5.18. The predicted octanol–water partition coefficient (Wildman–Crippen LogP) is 3.12. The van der Waals surface area contributed by atoms with Gasteiger partial charge < -0.3 is 15.0 Å². The first kappa shape index (κ1) is 20.7. The highest BCUT2D eigenvalue weighted by molar-refractivity contribution is 5.80. The molecule has 0 amide bonds. The molecule has 2 rings (SSSR count). The molecule has 1 atom stereocenters. The molecule has 6 nitrogen and oxygen atoms in total. The summed E-state index contributed by atoms with van der Waals surface area (Å²) >= 11 is 0. The Morgan fingerprint density at radius 3 is 2.81 bits per heavy atom. The molecule has 0 saturated carbocycles. The van der Waals surface area contributed by atoms with Crippen LogP contribution in [0.25, 0.3) is 0 Å². The number of hydrogen-bond donors (Lipinski definition) is 1. The summed E-state index contributed by atoms with van der Waals surface area (Å²) in [4.78, 5) is 6.98. The van der Waals surface area contributed by atoms with Gasteiger partial charge in [0.05, 0.1) is 18.8 Å². The number of hydrogen-bond acceptors (Lipinski definition) is 3. The highest BCUT2D eigenvalue weighted by atomic mass is 16.5. The minimum Gasteiger partial charge on any atom is -0.383 e. The molecule has 1 aromatic heterocycles. The Morgan fingerprint density at radius 1 is 1.38 bits per heavy atom. The third-order valence-electron chi connectivity index (χ3n) is 5.61. The summed E-state index contributed by atoms with van der Waals surface area (Å²) in [6, 6.07) is 0. The van der Waals surface area contributed by atoms with Crippen LogP contribution in [0.15, 0.2) is 4.99 Å². The average Bonchev–Trinajstić information content (AvgIpc) is 2.87. The monoisotopic (exact) mass is 363 g/mol. The van der Waals surface area contributed by atoms with Crippen LogP contribution in [0.1, 0.15) is 56.5 Å². The van der Waals surface area contributed by atoms with Gasteiger partial charge in [-0.1, -0.05) is 20.3 Å². The van der Waals surface area contributed by atoms with Gasteiger partial charge in [-0.25, -0.2) is 0 Å². The Balaban J connectivity index is 2.02. The van der Waals surface area contributed by atoms with E-state index in [0.717, 1.165) is 37.8 Å². The number of likely N-dealkylation sites (tertiary alicyclic amines) is 1. The third kappa shape index (κ3) is 5.00. The largest absolute Gasteiger partial charge is 0.383 e. The average molecular weight is 364 g/mol. The van der Waals surface area contributed by atoms with Crippen molar-refractivity contribution in [2.75, 3.05) is 33.9 Å². The number of piperidine rings is 1. The van der Waals surface area contributed by atoms with Gasteiger partial charge in [-0.2, -0.15) is 5.10 Å². The fraction of sp³-hybridized carbons (Fsp3) is 0.800. The summed E-state index contributed by atoms with van der Waals surface area (Å²) in [7, 11) is 3.61. The first-order valence-electron chi connectivity index (χ1n) is 9.91. The summed E-state index contributed by atoms with van der Waals surface area (Å²) in [6.07, 6.45) is 5.09. The lowest BCUT2D eigenvalue weighted by Gasteiger charge is -2.42. The van der Waals surface area contributed by atoms with Gasteiger partial charge in [0.1, 0.15) is 0 Å². The summed E-state index contributed by atoms with van der Waals surface area (Å²) in [5, 5.41) is 8.23. The molecule has 1 fully saturated rings. The van der Waals surface area contributed by atoms with Crippen LogP contribution in [-0.4, -0.2) is 54.5 Å². The van der Waals surface area contributed by atoms with Crippen molar-refractivity contribution in [3.63, 3.8) is 0 Å². The smallest absolute Gasteiger partial charge is 0.193 e. The number of ether oxygens (including phenoxy) is 1. The number of aliphatic imine (C=N–C) groups is 1. The number of aryl methyl sites for hydroxylation is 1. The molecule has 0 aromatic carbocycles. The minimum absolute atomic E-state index is 0.404. The van der Waals surface area contributed by atoms with Crippen LogP contribution < -0.4 is 5.32 Å². The fourth-order valence-electron chi connectivity index (χ4n) is 4.19. The van der Waals surface area contributed by atoms with E-state index >= 15 is 0 Å². The molecule has 1 N–H and O–H groups in total. The third-order valence-corrected chi connectivity index (χ3v) is 5.61. The van der Waals surface area contributed by atoms with Gasteiger partial charge in [0, 0.05) is 45.0 Å². The first-order valence-corrected chi connectivity index (χ1v) is 9.91. The zero-order chi connectivity index (χ0) is 19.2. The second kappa shape index (κ2) is 9.40. The summed E-state index contributed by atoms with van der Waals surface area (Å²) in [6.45, 7) is 13.3. The first-order chi connectivity index (χ1) is 12.4. The topological polar surface area (TPSA) is 54.7 Å². The molecule has 0 radical (unpaired) electrons. The Labute approximate surface area is 159 Å². The molecule has 6 heteroatoms. The van der Waals surface area contributed by atoms with Crippen LogP contribution in [-0.2, 0) is 17.8 Å². The van der Waals surface area contributed by atoms with Gasteiger partial charge in [-0.15, -0.1) is 0 Å². The van der Waals surface area contributed by atoms with Crippen LogP contribution >= 0.6 is 0 Å². The van der Waals surface area contributed by atoms with Crippen molar-refractivity contribution >= 4 is 5.96 Å². The molecule has 0 bridgehead atoms. The van der Waals surface area contributed by atoms with Crippen molar-refractivity contribution in [1.29, 1.82) is 0 Å². The number of nitrogens with one attached hydrogen (secondary N) is 1. The van der Waals surface area contributed by atoms with Crippen LogP contribution in [0, 0.1) is 19.3 Å². The van der Waals surface area contributed by atoms with Crippen molar-refractivity contribution in [3.05, 3.63) is 17.0 Å². The molecule has 0 aliphatic carbocycles. The zero-order valence-electron chi connectivity index (χ0n) is 17.6. The SMILES string of the molecule is CCCC1(C)CCCN(C(=NC)NCc2c(C)nn(CCOC)c2C)C1. The number of methoxy groups -OCH3 is 1. The van der Waals surface area contributed by atoms with E-state index in [1.807, 2.05) is 11.7 Å². The summed E-state index contributed by atoms with van der Waals surface area (Å²) < 4.78 is 7.22. The quantitative estimate of drug-likeness (QED) is 0.597. The number of nitrogens with zero attached hydrogens (tertiary/aromatic N) is 4. The van der Waals surface area contributed by atoms with Gasteiger partial charge in [-0.3, -0.25) is 9.67 Å². The number of guanidine groups is 1. The van der Waals surface area contributed by atoms with E-state index in [1.165, 1.54) is 36.9 Å². The Bertz CT molecular complexity index is 606. The lowest BCUT2D eigenvalue weighted by atomic mass is 9.78. The Hall–Kier alpha value is -1.56. The van der Waals surface area contributed by atoms with Gasteiger partial charge >= 0.3 is 0 Å². The molecule has 1 saturated heterocycles. The second-order valence-corrected chi connectivity index (χ2v) is 7.85. The van der Waals surface area contributed by atoms with E-state index in [1.54, 1.807) is 7.11 Å². The van der Waals surface area contributed by atoms with Gasteiger partial charge in [0.25, 0.3) is 0 Å². The fourth-order valence-corrected chi connectivity index (χ4v) is 4.19. The van der Waals surface area contributed by atoms with Crippen molar-refractivity contribution in [3.8, 4) is 0 Å². The number of aromatic nitrogens is 2. The van der Waals surface area contributed by atoms with Crippen molar-refractivity contribution in [2.24, 2.45) is 10.4 Å². The van der Waals surface area contributed by atoms with Crippen LogP contribution in [0.5, 0.6) is 0 Å². The molecule has 26 heavy (non-hydrogen) atoms. The van der Waals surface area contributed by atoms with Crippen molar-refractivity contribution in [2.45, 2.75) is 66.5 Å². The molecule has 1 unspecified atom stereocenters. The molecular weight excluding hydrogens is 326 g/mol.